The number of benzene rings is 2. The van der Waals surface area contributed by atoms with Gasteiger partial charge < -0.3 is 20.7 Å². The van der Waals surface area contributed by atoms with Crippen LogP contribution in [-0.4, -0.2) is 22.1 Å². The topological polar surface area (TPSA) is 111 Å². The number of halogens is 1. The van der Waals surface area contributed by atoms with Crippen LogP contribution >= 0.6 is 11.6 Å². The van der Waals surface area contributed by atoms with Crippen molar-refractivity contribution in [3.05, 3.63) is 98.4 Å². The molecular formula is C23H22ClN3O4. The highest BCUT2D eigenvalue weighted by atomic mass is 35.5. The Morgan fingerprint density at radius 1 is 1.06 bits per heavy atom. The van der Waals surface area contributed by atoms with Crippen LogP contribution in [-0.2, 0) is 11.2 Å². The Morgan fingerprint density at radius 3 is 2.45 bits per heavy atom. The van der Waals surface area contributed by atoms with Crippen LogP contribution in [0.25, 0.3) is 0 Å². The maximum atomic E-state index is 12.7. The molecule has 31 heavy (non-hydrogen) atoms. The minimum Gasteiger partial charge on any atom is -0.481 e. The monoisotopic (exact) mass is 439 g/mol. The van der Waals surface area contributed by atoms with Crippen molar-refractivity contribution in [3.8, 4) is 0 Å². The zero-order chi connectivity index (χ0) is 22.4. The Labute approximate surface area is 184 Å². The number of urea groups is 1. The number of carboxylic acids is 1. The van der Waals surface area contributed by atoms with Crippen LogP contribution in [0.2, 0.25) is 5.02 Å². The van der Waals surface area contributed by atoms with Crippen molar-refractivity contribution >= 4 is 29.3 Å². The number of amides is 2. The standard InChI is InChI=1S/C23H22ClN3O4/c1-14-6-8-15(9-7-14)19(13-20(28)29)26-23(31)27-21-17(10-11-25-22(21)30)12-16-4-2-3-5-18(16)24/h2-11,19H,12-13H2,1H3,(H,25,30)(H,28,29)(H2,26,27,31)/t19-/m0/s1. The first-order chi connectivity index (χ1) is 14.8. The molecule has 3 rings (SSSR count). The van der Waals surface area contributed by atoms with Gasteiger partial charge in [-0.2, -0.15) is 0 Å². The molecule has 0 bridgehead atoms. The summed E-state index contributed by atoms with van der Waals surface area (Å²) in [5, 5.41) is 15.0. The first kappa shape index (κ1) is 22.1. The van der Waals surface area contributed by atoms with Crippen molar-refractivity contribution < 1.29 is 14.7 Å². The van der Waals surface area contributed by atoms with E-state index in [-0.39, 0.29) is 12.1 Å². The van der Waals surface area contributed by atoms with Gasteiger partial charge in [0.15, 0.2) is 0 Å². The molecule has 4 N–H and O–H groups in total. The van der Waals surface area contributed by atoms with E-state index in [1.54, 1.807) is 24.3 Å². The predicted octanol–water partition coefficient (Wildman–Crippen LogP) is 4.27. The zero-order valence-corrected chi connectivity index (χ0v) is 17.6. The maximum Gasteiger partial charge on any atom is 0.319 e. The van der Waals surface area contributed by atoms with Gasteiger partial charge in [0.25, 0.3) is 5.56 Å². The third-order valence-electron chi connectivity index (χ3n) is 4.79. The van der Waals surface area contributed by atoms with Crippen LogP contribution in [0.15, 0.2) is 65.6 Å². The van der Waals surface area contributed by atoms with Gasteiger partial charge in [0.2, 0.25) is 0 Å². The van der Waals surface area contributed by atoms with Crippen LogP contribution in [0.3, 0.4) is 0 Å². The van der Waals surface area contributed by atoms with Crippen molar-refractivity contribution in [2.75, 3.05) is 5.32 Å². The van der Waals surface area contributed by atoms with Gasteiger partial charge in [-0.05, 0) is 35.7 Å². The summed E-state index contributed by atoms with van der Waals surface area (Å²) in [5.74, 6) is -1.05. The molecule has 0 aliphatic rings. The largest absolute Gasteiger partial charge is 0.481 e. The Kier molecular flexibility index (Phi) is 7.10. The van der Waals surface area contributed by atoms with Crippen LogP contribution in [0.4, 0.5) is 10.5 Å². The van der Waals surface area contributed by atoms with E-state index in [2.05, 4.69) is 15.6 Å². The number of aliphatic carboxylic acids is 1. The smallest absolute Gasteiger partial charge is 0.319 e. The van der Waals surface area contributed by atoms with Gasteiger partial charge >= 0.3 is 12.0 Å². The summed E-state index contributed by atoms with van der Waals surface area (Å²) in [6.07, 6.45) is 1.54. The van der Waals surface area contributed by atoms with Gasteiger partial charge in [-0.15, -0.1) is 0 Å². The number of aryl methyl sites for hydroxylation is 1. The number of anilines is 1. The molecule has 7 nitrogen and oxygen atoms in total. The van der Waals surface area contributed by atoms with Crippen molar-refractivity contribution in [3.63, 3.8) is 0 Å². The van der Waals surface area contributed by atoms with Crippen molar-refractivity contribution in [2.24, 2.45) is 0 Å². The molecule has 1 heterocycles. The fourth-order valence-corrected chi connectivity index (χ4v) is 3.39. The van der Waals surface area contributed by atoms with Crippen LogP contribution in [0.5, 0.6) is 0 Å². The number of H-pyrrole nitrogens is 1. The van der Waals surface area contributed by atoms with E-state index in [4.69, 9.17) is 11.6 Å². The minimum absolute atomic E-state index is 0.0814. The number of hydrogen-bond acceptors (Lipinski definition) is 3. The van der Waals surface area contributed by atoms with Crippen LogP contribution in [0, 0.1) is 6.92 Å². The predicted molar refractivity (Wildman–Crippen MR) is 120 cm³/mol. The second-order valence-electron chi connectivity index (χ2n) is 7.13. The Balaban J connectivity index is 1.81. The molecule has 160 valence electrons. The van der Waals surface area contributed by atoms with E-state index in [1.165, 1.54) is 6.20 Å². The fourth-order valence-electron chi connectivity index (χ4n) is 3.18. The summed E-state index contributed by atoms with van der Waals surface area (Å²) in [7, 11) is 0. The molecule has 2 aromatic carbocycles. The van der Waals surface area contributed by atoms with Crippen molar-refractivity contribution in [1.82, 2.24) is 10.3 Å². The molecule has 0 saturated carbocycles. The summed E-state index contributed by atoms with van der Waals surface area (Å²) in [4.78, 5) is 38.9. The third kappa shape index (κ3) is 5.96. The highest BCUT2D eigenvalue weighted by molar-refractivity contribution is 6.31. The number of pyridine rings is 1. The van der Waals surface area contributed by atoms with Gasteiger partial charge in [-0.25, -0.2) is 4.79 Å². The highest BCUT2D eigenvalue weighted by Crippen LogP contribution is 2.22. The number of carbonyl (C=O) groups is 2. The molecular weight excluding hydrogens is 418 g/mol. The van der Waals surface area contributed by atoms with Gasteiger partial charge in [-0.1, -0.05) is 59.6 Å². The number of aromatic nitrogens is 1. The fraction of sp³-hybridized carbons (Fsp3) is 0.174. The average molecular weight is 440 g/mol. The Hall–Kier alpha value is -3.58. The van der Waals surface area contributed by atoms with E-state index >= 15 is 0 Å². The third-order valence-corrected chi connectivity index (χ3v) is 5.16. The second-order valence-corrected chi connectivity index (χ2v) is 7.54. The van der Waals surface area contributed by atoms with Crippen LogP contribution in [0.1, 0.15) is 34.7 Å². The first-order valence-electron chi connectivity index (χ1n) is 9.63. The molecule has 0 aliphatic heterocycles. The lowest BCUT2D eigenvalue weighted by Crippen LogP contribution is -2.35. The zero-order valence-electron chi connectivity index (χ0n) is 16.8. The van der Waals surface area contributed by atoms with Gasteiger partial charge in [0.05, 0.1) is 12.5 Å². The van der Waals surface area contributed by atoms with E-state index in [9.17, 15) is 19.5 Å². The molecule has 3 aromatic rings. The molecule has 0 spiro atoms. The molecule has 1 aromatic heterocycles. The number of aromatic amines is 1. The van der Waals surface area contributed by atoms with Crippen molar-refractivity contribution in [2.45, 2.75) is 25.8 Å². The molecule has 1 atom stereocenters. The van der Waals surface area contributed by atoms with E-state index < -0.39 is 23.6 Å². The van der Waals surface area contributed by atoms with E-state index in [0.29, 0.717) is 22.6 Å². The average Bonchev–Trinajstić information content (AvgIpc) is 2.72. The second kappa shape index (κ2) is 9.95. The quantitative estimate of drug-likeness (QED) is 0.440. The number of nitrogens with one attached hydrogen (secondary N) is 3. The summed E-state index contributed by atoms with van der Waals surface area (Å²) >= 11 is 6.23. The lowest BCUT2D eigenvalue weighted by Gasteiger charge is -2.19. The normalized spacial score (nSPS) is 11.5. The lowest BCUT2D eigenvalue weighted by molar-refractivity contribution is -0.137. The summed E-state index contributed by atoms with van der Waals surface area (Å²) in [6.45, 7) is 1.92. The Morgan fingerprint density at radius 2 is 1.77 bits per heavy atom. The molecule has 8 heteroatoms. The molecule has 0 unspecified atom stereocenters. The number of rotatable bonds is 7. The minimum atomic E-state index is -1.05. The van der Waals surface area contributed by atoms with Gasteiger partial charge in [0.1, 0.15) is 5.69 Å². The van der Waals surface area contributed by atoms with Crippen LogP contribution < -0.4 is 16.2 Å². The molecule has 0 fully saturated rings. The van der Waals surface area contributed by atoms with Gasteiger partial charge in [-0.3, -0.25) is 9.59 Å². The molecule has 2 amide bonds. The summed E-state index contributed by atoms with van der Waals surface area (Å²) in [5.41, 5.74) is 2.67. The lowest BCUT2D eigenvalue weighted by atomic mass is 10.0. The first-order valence-corrected chi connectivity index (χ1v) is 10.0. The summed E-state index contributed by atoms with van der Waals surface area (Å²) < 4.78 is 0. The number of carbonyl (C=O) groups excluding carboxylic acids is 1. The summed E-state index contributed by atoms with van der Waals surface area (Å²) in [6, 6.07) is 14.7. The Bertz CT molecular complexity index is 1140. The molecule has 0 saturated heterocycles. The SMILES string of the molecule is Cc1ccc([C@H](CC(=O)O)NC(=O)Nc2c(Cc3ccccc3Cl)cc[nH]c2=O)cc1. The highest BCUT2D eigenvalue weighted by Gasteiger charge is 2.20. The maximum absolute atomic E-state index is 12.7. The van der Waals surface area contributed by atoms with Gasteiger partial charge in [0, 0.05) is 17.6 Å². The van der Waals surface area contributed by atoms with E-state index in [1.807, 2.05) is 37.3 Å². The van der Waals surface area contributed by atoms with Crippen molar-refractivity contribution in [1.29, 1.82) is 0 Å². The van der Waals surface area contributed by atoms with E-state index in [0.717, 1.165) is 11.1 Å². The number of carboxylic acid groups (broad SMARTS) is 1. The number of hydrogen-bond donors (Lipinski definition) is 4. The molecule has 0 aliphatic carbocycles. The molecule has 0 radical (unpaired) electrons.